The van der Waals surface area contributed by atoms with Crippen LogP contribution >= 0.6 is 0 Å². The summed E-state index contributed by atoms with van der Waals surface area (Å²) < 4.78 is 5.11. The summed E-state index contributed by atoms with van der Waals surface area (Å²) >= 11 is 0. The number of hydrogen-bond donors (Lipinski definition) is 3. The van der Waals surface area contributed by atoms with Crippen molar-refractivity contribution in [2.45, 2.75) is 18.9 Å². The van der Waals surface area contributed by atoms with Crippen LogP contribution in [0.1, 0.15) is 12.8 Å². The van der Waals surface area contributed by atoms with Crippen molar-refractivity contribution in [1.29, 1.82) is 0 Å². The number of ether oxygens (including phenoxy) is 1. The van der Waals surface area contributed by atoms with Crippen molar-refractivity contribution in [3.05, 3.63) is 24.3 Å². The van der Waals surface area contributed by atoms with Gasteiger partial charge in [0.1, 0.15) is 5.75 Å². The molecule has 4 N–H and O–H groups in total. The number of nitrogens with one attached hydrogen (secondary N) is 2. The first-order valence-corrected chi connectivity index (χ1v) is 7.29. The van der Waals surface area contributed by atoms with Gasteiger partial charge < -0.3 is 21.1 Å². The average Bonchev–Trinajstić information content (AvgIpc) is 2.49. The molecule has 22 heavy (non-hydrogen) atoms. The van der Waals surface area contributed by atoms with Crippen LogP contribution in [0.15, 0.2) is 24.3 Å². The maximum Gasteiger partial charge on any atom is 0.319 e. The molecule has 1 aliphatic heterocycles. The summed E-state index contributed by atoms with van der Waals surface area (Å²) in [5.74, 6) is 0.375. The molecule has 0 unspecified atom stereocenters. The van der Waals surface area contributed by atoms with Crippen molar-refractivity contribution >= 4 is 17.6 Å². The Balaban J connectivity index is 1.77. The molecule has 0 bridgehead atoms. The third kappa shape index (κ3) is 4.92. The summed E-state index contributed by atoms with van der Waals surface area (Å²) in [4.78, 5) is 24.9. The van der Waals surface area contributed by atoms with E-state index in [2.05, 4.69) is 10.6 Å². The third-order valence-electron chi connectivity index (χ3n) is 3.63. The lowest BCUT2D eigenvalue weighted by Crippen LogP contribution is -2.47. The topological polar surface area (TPSA) is 96.7 Å². The molecular weight excluding hydrogens is 284 g/mol. The predicted octanol–water partition coefficient (Wildman–Crippen LogP) is 0.766. The predicted molar refractivity (Wildman–Crippen MR) is 83.8 cm³/mol. The Morgan fingerprint density at radius 3 is 2.73 bits per heavy atom. The number of urea groups is 1. The van der Waals surface area contributed by atoms with Crippen molar-refractivity contribution < 1.29 is 14.3 Å². The van der Waals surface area contributed by atoms with Crippen molar-refractivity contribution in [1.82, 2.24) is 10.2 Å². The molecule has 2 rings (SSSR count). The summed E-state index contributed by atoms with van der Waals surface area (Å²) in [5, 5.41) is 5.73. The van der Waals surface area contributed by atoms with Crippen molar-refractivity contribution in [2.75, 3.05) is 32.1 Å². The number of rotatable bonds is 5. The zero-order chi connectivity index (χ0) is 15.9. The van der Waals surface area contributed by atoms with Gasteiger partial charge in [-0.3, -0.25) is 9.69 Å². The van der Waals surface area contributed by atoms with Crippen LogP contribution in [0.25, 0.3) is 0 Å². The minimum Gasteiger partial charge on any atom is -0.497 e. The molecule has 1 aromatic carbocycles. The van der Waals surface area contributed by atoms with Crippen molar-refractivity contribution in [3.63, 3.8) is 0 Å². The van der Waals surface area contributed by atoms with Gasteiger partial charge in [0.15, 0.2) is 0 Å². The van der Waals surface area contributed by atoms with Gasteiger partial charge in [0.2, 0.25) is 5.91 Å². The number of primary amides is 1. The van der Waals surface area contributed by atoms with Crippen LogP contribution in [0.2, 0.25) is 0 Å². The van der Waals surface area contributed by atoms with Gasteiger partial charge in [-0.1, -0.05) is 6.07 Å². The van der Waals surface area contributed by atoms with Crippen LogP contribution in [0.4, 0.5) is 10.5 Å². The Kier molecular flexibility index (Phi) is 5.60. The van der Waals surface area contributed by atoms with Gasteiger partial charge in [-0.15, -0.1) is 0 Å². The molecule has 0 spiro atoms. The Morgan fingerprint density at radius 2 is 2.09 bits per heavy atom. The Hall–Kier alpha value is -2.28. The van der Waals surface area contributed by atoms with Gasteiger partial charge in [-0.2, -0.15) is 0 Å². The fraction of sp³-hybridized carbons (Fsp3) is 0.467. The van der Waals surface area contributed by atoms with Gasteiger partial charge >= 0.3 is 6.03 Å². The molecule has 1 fully saturated rings. The summed E-state index contributed by atoms with van der Waals surface area (Å²) in [6.07, 6.45) is 1.61. The Bertz CT molecular complexity index is 527. The van der Waals surface area contributed by atoms with Crippen LogP contribution in [-0.4, -0.2) is 49.6 Å². The molecule has 1 heterocycles. The fourth-order valence-electron chi connectivity index (χ4n) is 2.51. The number of nitrogens with zero attached hydrogens (tertiary/aromatic N) is 1. The van der Waals surface area contributed by atoms with E-state index in [9.17, 15) is 9.59 Å². The number of methoxy groups -OCH3 is 1. The smallest absolute Gasteiger partial charge is 0.319 e. The van der Waals surface area contributed by atoms with Crippen LogP contribution < -0.4 is 21.1 Å². The van der Waals surface area contributed by atoms with E-state index < -0.39 is 0 Å². The Labute approximate surface area is 129 Å². The van der Waals surface area contributed by atoms with Crippen molar-refractivity contribution in [2.24, 2.45) is 5.73 Å². The van der Waals surface area contributed by atoms with Crippen LogP contribution in [0.5, 0.6) is 5.75 Å². The van der Waals surface area contributed by atoms with Gasteiger partial charge in [-0.25, -0.2) is 4.79 Å². The second-order valence-corrected chi connectivity index (χ2v) is 5.35. The molecule has 1 saturated heterocycles. The molecule has 3 amide bonds. The highest BCUT2D eigenvalue weighted by Crippen LogP contribution is 2.17. The maximum absolute atomic E-state index is 12.0. The van der Waals surface area contributed by atoms with E-state index in [1.165, 1.54) is 0 Å². The second-order valence-electron chi connectivity index (χ2n) is 5.35. The van der Waals surface area contributed by atoms with Gasteiger partial charge in [0, 0.05) is 30.9 Å². The van der Waals surface area contributed by atoms with E-state index in [-0.39, 0.29) is 24.5 Å². The van der Waals surface area contributed by atoms with E-state index in [0.717, 1.165) is 25.9 Å². The van der Waals surface area contributed by atoms with Gasteiger partial charge in [0.05, 0.1) is 13.7 Å². The summed E-state index contributed by atoms with van der Waals surface area (Å²) in [7, 11) is 1.58. The molecule has 120 valence electrons. The standard InChI is InChI=1S/C15H22N4O3/c1-22-13-4-2-3-12(9-13)18-15(21)17-11-5-7-19(8-6-11)10-14(16)20/h2-4,9,11H,5-8,10H2,1H3,(H2,16,20)(H2,17,18,21). The molecule has 0 saturated carbocycles. The molecule has 0 aliphatic carbocycles. The van der Waals surface area contributed by atoms with Gasteiger partial charge in [-0.05, 0) is 25.0 Å². The summed E-state index contributed by atoms with van der Waals surface area (Å²) in [6.45, 7) is 1.79. The SMILES string of the molecule is COc1cccc(NC(=O)NC2CCN(CC(N)=O)CC2)c1. The minimum atomic E-state index is -0.317. The lowest BCUT2D eigenvalue weighted by Gasteiger charge is -2.31. The van der Waals surface area contributed by atoms with E-state index in [4.69, 9.17) is 10.5 Å². The number of carbonyl (C=O) groups is 2. The molecule has 0 aromatic heterocycles. The number of likely N-dealkylation sites (tertiary alicyclic amines) is 1. The number of carbonyl (C=O) groups excluding carboxylic acids is 2. The highest BCUT2D eigenvalue weighted by Gasteiger charge is 2.21. The Morgan fingerprint density at radius 1 is 1.36 bits per heavy atom. The number of hydrogen-bond acceptors (Lipinski definition) is 4. The lowest BCUT2D eigenvalue weighted by atomic mass is 10.1. The van der Waals surface area contributed by atoms with Gasteiger partial charge in [0.25, 0.3) is 0 Å². The number of anilines is 1. The molecule has 0 radical (unpaired) electrons. The largest absolute Gasteiger partial charge is 0.497 e. The molecule has 1 aromatic rings. The highest BCUT2D eigenvalue weighted by atomic mass is 16.5. The number of nitrogens with two attached hydrogens (primary N) is 1. The average molecular weight is 306 g/mol. The maximum atomic E-state index is 12.0. The zero-order valence-corrected chi connectivity index (χ0v) is 12.7. The first-order chi connectivity index (χ1) is 10.6. The zero-order valence-electron chi connectivity index (χ0n) is 12.7. The van der Waals surface area contributed by atoms with Crippen LogP contribution in [0.3, 0.4) is 0 Å². The first kappa shape index (κ1) is 16.1. The van der Waals surface area contributed by atoms with E-state index >= 15 is 0 Å². The molecule has 1 aliphatic rings. The van der Waals surface area contributed by atoms with Crippen LogP contribution in [0, 0.1) is 0 Å². The minimum absolute atomic E-state index is 0.106. The number of amides is 3. The highest BCUT2D eigenvalue weighted by molar-refractivity contribution is 5.89. The first-order valence-electron chi connectivity index (χ1n) is 7.29. The molecular formula is C15H22N4O3. The van der Waals surface area contributed by atoms with Crippen molar-refractivity contribution in [3.8, 4) is 5.75 Å². The van der Waals surface area contributed by atoms with E-state index in [1.807, 2.05) is 17.0 Å². The normalized spacial score (nSPS) is 16.0. The van der Waals surface area contributed by atoms with Crippen LogP contribution in [-0.2, 0) is 4.79 Å². The lowest BCUT2D eigenvalue weighted by molar-refractivity contribution is -0.119. The quantitative estimate of drug-likeness (QED) is 0.748. The van der Waals surface area contributed by atoms with E-state index in [0.29, 0.717) is 11.4 Å². The van der Waals surface area contributed by atoms with E-state index in [1.54, 1.807) is 19.2 Å². The fourth-order valence-corrected chi connectivity index (χ4v) is 2.51. The molecule has 0 atom stereocenters. The number of benzene rings is 1. The third-order valence-corrected chi connectivity index (χ3v) is 3.63. The summed E-state index contributed by atoms with van der Waals surface area (Å²) in [6, 6.07) is 7.07. The number of piperidine rings is 1. The second kappa shape index (κ2) is 7.65. The molecule has 7 nitrogen and oxygen atoms in total. The summed E-state index contributed by atoms with van der Waals surface area (Å²) in [5.41, 5.74) is 5.86. The monoisotopic (exact) mass is 306 g/mol. The molecule has 7 heteroatoms.